The molecule has 1 aromatic carbocycles. The predicted molar refractivity (Wildman–Crippen MR) is 97.3 cm³/mol. The summed E-state index contributed by atoms with van der Waals surface area (Å²) in [6.07, 6.45) is 0. The highest BCUT2D eigenvalue weighted by Crippen LogP contribution is 2.11. The number of ether oxygens (including phenoxy) is 1. The fourth-order valence-electron chi connectivity index (χ4n) is 2.21. The third kappa shape index (κ3) is 4.90. The van der Waals surface area contributed by atoms with Crippen LogP contribution in [0, 0.1) is 0 Å². The van der Waals surface area contributed by atoms with Crippen molar-refractivity contribution in [2.24, 2.45) is 0 Å². The highest BCUT2D eigenvalue weighted by atomic mass is 32.1. The van der Waals surface area contributed by atoms with Crippen LogP contribution in [-0.2, 0) is 16.1 Å². The van der Waals surface area contributed by atoms with E-state index in [1.807, 2.05) is 5.38 Å². The van der Waals surface area contributed by atoms with Crippen molar-refractivity contribution in [1.29, 1.82) is 0 Å². The molecular formula is C18H20N2O5S. The molecule has 0 aliphatic rings. The van der Waals surface area contributed by atoms with Crippen LogP contribution < -0.4 is 10.6 Å². The average Bonchev–Trinajstić information content (AvgIpc) is 3.15. The van der Waals surface area contributed by atoms with Crippen LogP contribution >= 0.6 is 11.3 Å². The van der Waals surface area contributed by atoms with Gasteiger partial charge in [-0.05, 0) is 36.1 Å². The number of carbonyl (C=O) groups excluding carboxylic acids is 2. The Labute approximate surface area is 155 Å². The van der Waals surface area contributed by atoms with Gasteiger partial charge in [0.25, 0.3) is 11.8 Å². The largest absolute Gasteiger partial charge is 0.479 e. The van der Waals surface area contributed by atoms with Crippen LogP contribution in [0.1, 0.15) is 32.5 Å². The standard InChI is InChI=1S/C18H20N2O5S/c1-18(11-25-2,17(23)24)20-15(21)13-7-5-12(6-8-13)10-19-16(22)14-4-3-9-26-14/h3-9H,10-11H2,1-2H3,(H,19,22)(H,20,21)(H,23,24). The van der Waals surface area contributed by atoms with Crippen molar-refractivity contribution in [2.45, 2.75) is 19.0 Å². The number of rotatable bonds is 8. The zero-order valence-corrected chi connectivity index (χ0v) is 15.3. The number of carboxylic acids is 1. The Balaban J connectivity index is 1.96. The molecule has 8 heteroatoms. The first-order valence-corrected chi connectivity index (χ1v) is 8.69. The number of aliphatic carboxylic acids is 1. The summed E-state index contributed by atoms with van der Waals surface area (Å²) in [5.41, 5.74) is -0.370. The van der Waals surface area contributed by atoms with Crippen molar-refractivity contribution >= 4 is 29.1 Å². The molecule has 1 heterocycles. The Morgan fingerprint density at radius 3 is 2.38 bits per heavy atom. The van der Waals surface area contributed by atoms with Crippen molar-refractivity contribution in [2.75, 3.05) is 13.7 Å². The summed E-state index contributed by atoms with van der Waals surface area (Å²) in [6, 6.07) is 10.1. The molecule has 1 aromatic heterocycles. The van der Waals surface area contributed by atoms with Crippen molar-refractivity contribution in [3.63, 3.8) is 0 Å². The van der Waals surface area contributed by atoms with Gasteiger partial charge in [-0.15, -0.1) is 11.3 Å². The second kappa shape index (κ2) is 8.59. The van der Waals surface area contributed by atoms with Gasteiger partial charge in [0.2, 0.25) is 0 Å². The minimum absolute atomic E-state index is 0.152. The lowest BCUT2D eigenvalue weighted by Crippen LogP contribution is -2.55. The van der Waals surface area contributed by atoms with Crippen molar-refractivity contribution in [3.8, 4) is 0 Å². The van der Waals surface area contributed by atoms with Crippen molar-refractivity contribution in [1.82, 2.24) is 10.6 Å². The molecule has 26 heavy (non-hydrogen) atoms. The van der Waals surface area contributed by atoms with Gasteiger partial charge in [-0.25, -0.2) is 4.79 Å². The molecule has 0 radical (unpaired) electrons. The quantitative estimate of drug-likeness (QED) is 0.653. The van der Waals surface area contributed by atoms with Gasteiger partial charge in [0.15, 0.2) is 5.54 Å². The lowest BCUT2D eigenvalue weighted by Gasteiger charge is -2.25. The van der Waals surface area contributed by atoms with Crippen molar-refractivity contribution < 1.29 is 24.2 Å². The first kappa shape index (κ1) is 19.6. The molecule has 1 atom stereocenters. The normalized spacial score (nSPS) is 12.8. The molecule has 0 bridgehead atoms. The maximum absolute atomic E-state index is 12.3. The minimum Gasteiger partial charge on any atom is -0.479 e. The topological polar surface area (TPSA) is 105 Å². The molecule has 0 saturated heterocycles. The van der Waals surface area contributed by atoms with E-state index in [2.05, 4.69) is 10.6 Å². The number of carbonyl (C=O) groups is 3. The lowest BCUT2D eigenvalue weighted by atomic mass is 10.0. The maximum atomic E-state index is 12.3. The molecule has 3 N–H and O–H groups in total. The first-order valence-electron chi connectivity index (χ1n) is 7.81. The first-order chi connectivity index (χ1) is 12.4. The van der Waals surface area contributed by atoms with Gasteiger partial charge in [-0.1, -0.05) is 18.2 Å². The fourth-order valence-corrected chi connectivity index (χ4v) is 2.85. The molecule has 0 aliphatic carbocycles. The highest BCUT2D eigenvalue weighted by molar-refractivity contribution is 7.12. The van der Waals surface area contributed by atoms with Gasteiger partial charge in [0, 0.05) is 19.2 Å². The Morgan fingerprint density at radius 2 is 1.85 bits per heavy atom. The van der Waals surface area contributed by atoms with E-state index in [1.54, 1.807) is 36.4 Å². The molecule has 7 nitrogen and oxygen atoms in total. The van der Waals surface area contributed by atoms with E-state index in [0.29, 0.717) is 17.0 Å². The molecule has 2 amide bonds. The summed E-state index contributed by atoms with van der Waals surface area (Å²) in [6.45, 7) is 1.56. The van der Waals surface area contributed by atoms with Crippen LogP contribution in [0.25, 0.3) is 0 Å². The number of benzene rings is 1. The molecule has 1 unspecified atom stereocenters. The van der Waals surface area contributed by atoms with E-state index in [-0.39, 0.29) is 12.5 Å². The van der Waals surface area contributed by atoms with E-state index in [9.17, 15) is 19.5 Å². The number of carboxylic acid groups (broad SMARTS) is 1. The number of methoxy groups -OCH3 is 1. The van der Waals surface area contributed by atoms with E-state index in [0.717, 1.165) is 5.56 Å². The molecule has 0 fully saturated rings. The van der Waals surface area contributed by atoms with Crippen LogP contribution in [0.3, 0.4) is 0 Å². The Hall–Kier alpha value is -2.71. The summed E-state index contributed by atoms with van der Waals surface area (Å²) in [4.78, 5) is 36.2. The van der Waals surface area contributed by atoms with Crippen LogP contribution in [0.5, 0.6) is 0 Å². The molecule has 0 aliphatic heterocycles. The summed E-state index contributed by atoms with van der Waals surface area (Å²) in [5, 5.41) is 16.4. The zero-order chi connectivity index (χ0) is 19.2. The van der Waals surface area contributed by atoms with Crippen LogP contribution in [0.2, 0.25) is 0 Å². The average molecular weight is 376 g/mol. The summed E-state index contributed by atoms with van der Waals surface area (Å²) < 4.78 is 4.87. The molecule has 2 rings (SSSR count). The van der Waals surface area contributed by atoms with Gasteiger partial charge >= 0.3 is 5.97 Å². The third-order valence-corrected chi connectivity index (χ3v) is 4.58. The van der Waals surface area contributed by atoms with Gasteiger partial charge < -0.3 is 20.5 Å². The number of hydrogen-bond acceptors (Lipinski definition) is 5. The zero-order valence-electron chi connectivity index (χ0n) is 14.4. The van der Waals surface area contributed by atoms with Crippen LogP contribution in [0.15, 0.2) is 41.8 Å². The lowest BCUT2D eigenvalue weighted by molar-refractivity contribution is -0.145. The number of thiophene rings is 1. The van der Waals surface area contributed by atoms with Crippen LogP contribution in [0.4, 0.5) is 0 Å². The smallest absolute Gasteiger partial charge is 0.331 e. The fraction of sp³-hybridized carbons (Fsp3) is 0.278. The Bertz CT molecular complexity index is 773. The van der Waals surface area contributed by atoms with E-state index in [4.69, 9.17) is 4.74 Å². The Morgan fingerprint density at radius 1 is 1.15 bits per heavy atom. The van der Waals surface area contributed by atoms with E-state index in [1.165, 1.54) is 25.4 Å². The summed E-state index contributed by atoms with van der Waals surface area (Å²) in [7, 11) is 1.37. The number of nitrogens with one attached hydrogen (secondary N) is 2. The molecule has 2 aromatic rings. The molecule has 138 valence electrons. The van der Waals surface area contributed by atoms with Gasteiger partial charge in [0.1, 0.15) is 0 Å². The summed E-state index contributed by atoms with van der Waals surface area (Å²) >= 11 is 1.36. The monoisotopic (exact) mass is 376 g/mol. The summed E-state index contributed by atoms with van der Waals surface area (Å²) in [5.74, 6) is -1.85. The Kier molecular flexibility index (Phi) is 6.48. The third-order valence-electron chi connectivity index (χ3n) is 3.71. The highest BCUT2D eigenvalue weighted by Gasteiger charge is 2.35. The molecule has 0 saturated carbocycles. The van der Waals surface area contributed by atoms with Gasteiger partial charge in [-0.2, -0.15) is 0 Å². The minimum atomic E-state index is -1.51. The maximum Gasteiger partial charge on any atom is 0.331 e. The predicted octanol–water partition coefficient (Wildman–Crippen LogP) is 1.90. The molecule has 0 spiro atoms. The second-order valence-electron chi connectivity index (χ2n) is 5.88. The van der Waals surface area contributed by atoms with E-state index < -0.39 is 17.4 Å². The number of amides is 2. The second-order valence-corrected chi connectivity index (χ2v) is 6.83. The number of hydrogen-bond donors (Lipinski definition) is 3. The van der Waals surface area contributed by atoms with Crippen LogP contribution in [-0.4, -0.2) is 42.1 Å². The van der Waals surface area contributed by atoms with Crippen molar-refractivity contribution in [3.05, 3.63) is 57.8 Å². The SMILES string of the molecule is COCC(C)(NC(=O)c1ccc(CNC(=O)c2cccs2)cc1)C(=O)O. The van der Waals surface area contributed by atoms with Gasteiger partial charge in [0.05, 0.1) is 11.5 Å². The molecular weight excluding hydrogens is 356 g/mol. The van der Waals surface area contributed by atoms with E-state index >= 15 is 0 Å². The van der Waals surface area contributed by atoms with Gasteiger partial charge in [-0.3, -0.25) is 9.59 Å².